The molecule has 0 aliphatic carbocycles. The van der Waals surface area contributed by atoms with Crippen molar-refractivity contribution >= 4 is 33.4 Å². The van der Waals surface area contributed by atoms with Crippen LogP contribution in [0.25, 0.3) is 11.0 Å². The minimum absolute atomic E-state index is 0.0463. The Labute approximate surface area is 168 Å². The molecule has 1 fully saturated rings. The number of rotatable bonds is 6. The molecule has 2 N–H and O–H groups in total. The molecule has 3 heterocycles. The number of amides is 1. The van der Waals surface area contributed by atoms with Gasteiger partial charge in [-0.05, 0) is 26.0 Å². The van der Waals surface area contributed by atoms with Crippen LogP contribution >= 0.6 is 11.3 Å². The van der Waals surface area contributed by atoms with Crippen molar-refractivity contribution < 1.29 is 9.53 Å². The summed E-state index contributed by atoms with van der Waals surface area (Å²) in [5, 5.41) is 5.57. The Morgan fingerprint density at radius 1 is 1.29 bits per heavy atom. The smallest absolute Gasteiger partial charge is 0.226 e. The van der Waals surface area contributed by atoms with Gasteiger partial charge in [0.25, 0.3) is 0 Å². The van der Waals surface area contributed by atoms with Gasteiger partial charge in [0, 0.05) is 37.9 Å². The average Bonchev–Trinajstić information content (AvgIpc) is 3.25. The first-order chi connectivity index (χ1) is 13.5. The van der Waals surface area contributed by atoms with Crippen LogP contribution in [-0.2, 0) is 22.5 Å². The molecule has 2 atom stereocenters. The maximum Gasteiger partial charge on any atom is 0.226 e. The molecule has 3 aromatic rings. The fourth-order valence-corrected chi connectivity index (χ4v) is 4.33. The molecular formula is C20H25N5O2S. The first kappa shape index (κ1) is 19.0. The lowest BCUT2D eigenvalue weighted by molar-refractivity contribution is -0.116. The molecule has 1 saturated heterocycles. The number of anilines is 1. The second kappa shape index (κ2) is 8.38. The topological polar surface area (TPSA) is 83.1 Å². The third-order valence-electron chi connectivity index (χ3n) is 4.71. The first-order valence-electron chi connectivity index (χ1n) is 9.61. The van der Waals surface area contributed by atoms with Gasteiger partial charge in [-0.2, -0.15) is 0 Å². The van der Waals surface area contributed by atoms with E-state index < -0.39 is 0 Å². The van der Waals surface area contributed by atoms with Crippen LogP contribution in [-0.4, -0.2) is 51.1 Å². The highest BCUT2D eigenvalue weighted by Crippen LogP contribution is 2.20. The van der Waals surface area contributed by atoms with Crippen LogP contribution in [0.5, 0.6) is 0 Å². The largest absolute Gasteiger partial charge is 0.373 e. The van der Waals surface area contributed by atoms with Crippen LogP contribution in [0.15, 0.2) is 29.6 Å². The molecule has 1 aliphatic heterocycles. The summed E-state index contributed by atoms with van der Waals surface area (Å²) < 4.78 is 5.77. The average molecular weight is 400 g/mol. The number of aryl methyl sites for hydroxylation is 1. The molecule has 28 heavy (non-hydrogen) atoms. The maximum atomic E-state index is 12.3. The van der Waals surface area contributed by atoms with E-state index in [0.717, 1.165) is 42.2 Å². The van der Waals surface area contributed by atoms with Crippen molar-refractivity contribution in [1.29, 1.82) is 0 Å². The Morgan fingerprint density at radius 2 is 2.07 bits per heavy atom. The predicted molar refractivity (Wildman–Crippen MR) is 110 cm³/mol. The van der Waals surface area contributed by atoms with Crippen molar-refractivity contribution in [2.45, 2.75) is 45.4 Å². The number of nitrogens with one attached hydrogen (secondary N) is 2. The SMILES string of the molecule is CC1CN(Cc2csc(NC(=O)CCc3nc4ccccc4[nH]3)n2)CC(C)O1. The van der Waals surface area contributed by atoms with Gasteiger partial charge in [-0.15, -0.1) is 11.3 Å². The van der Waals surface area contributed by atoms with Gasteiger partial charge < -0.3 is 15.0 Å². The van der Waals surface area contributed by atoms with Crippen molar-refractivity contribution in [2.75, 3.05) is 18.4 Å². The van der Waals surface area contributed by atoms with Crippen molar-refractivity contribution in [1.82, 2.24) is 19.9 Å². The van der Waals surface area contributed by atoms with Crippen molar-refractivity contribution in [3.8, 4) is 0 Å². The quantitative estimate of drug-likeness (QED) is 0.665. The number of aromatic amines is 1. The van der Waals surface area contributed by atoms with Gasteiger partial charge in [0.05, 0.1) is 28.9 Å². The van der Waals surface area contributed by atoms with Crippen molar-refractivity contribution in [2.24, 2.45) is 0 Å². The van der Waals surface area contributed by atoms with E-state index in [9.17, 15) is 4.79 Å². The number of hydrogen-bond acceptors (Lipinski definition) is 6. The molecule has 4 rings (SSSR count). The molecule has 1 aliphatic rings. The van der Waals surface area contributed by atoms with Gasteiger partial charge in [-0.3, -0.25) is 9.69 Å². The lowest BCUT2D eigenvalue weighted by Gasteiger charge is -2.34. The van der Waals surface area contributed by atoms with E-state index in [1.165, 1.54) is 11.3 Å². The second-order valence-corrected chi connectivity index (χ2v) is 8.20. The van der Waals surface area contributed by atoms with Gasteiger partial charge in [0.15, 0.2) is 5.13 Å². The number of carbonyl (C=O) groups is 1. The third-order valence-corrected chi connectivity index (χ3v) is 5.51. The Balaban J connectivity index is 1.27. The Hall–Kier alpha value is -2.29. The van der Waals surface area contributed by atoms with E-state index >= 15 is 0 Å². The normalized spacial score (nSPS) is 20.5. The number of ether oxygens (including phenoxy) is 1. The highest BCUT2D eigenvalue weighted by Gasteiger charge is 2.22. The Kier molecular flexibility index (Phi) is 5.70. The lowest BCUT2D eigenvalue weighted by atomic mass is 10.2. The van der Waals surface area contributed by atoms with E-state index in [2.05, 4.69) is 39.0 Å². The van der Waals surface area contributed by atoms with Gasteiger partial charge in [-0.1, -0.05) is 12.1 Å². The molecular weight excluding hydrogens is 374 g/mol. The maximum absolute atomic E-state index is 12.3. The highest BCUT2D eigenvalue weighted by atomic mass is 32.1. The number of para-hydroxylation sites is 2. The Bertz CT molecular complexity index is 910. The number of aromatic nitrogens is 3. The standard InChI is InChI=1S/C20H25N5O2S/c1-13-9-25(10-14(2)27-13)11-15-12-28-20(21-15)24-19(26)8-7-18-22-16-5-3-4-6-17(16)23-18/h3-6,12-14H,7-11H2,1-2H3,(H,22,23)(H,21,24,26). The van der Waals surface area contributed by atoms with Gasteiger partial charge in [0.2, 0.25) is 5.91 Å². The van der Waals surface area contributed by atoms with E-state index in [1.54, 1.807) is 0 Å². The first-order valence-corrected chi connectivity index (χ1v) is 10.5. The molecule has 0 spiro atoms. The minimum Gasteiger partial charge on any atom is -0.373 e. The van der Waals surface area contributed by atoms with E-state index in [0.29, 0.717) is 18.0 Å². The summed E-state index contributed by atoms with van der Waals surface area (Å²) in [7, 11) is 0. The zero-order chi connectivity index (χ0) is 19.5. The predicted octanol–water partition coefficient (Wildman–Crippen LogP) is 3.20. The van der Waals surface area contributed by atoms with Crippen LogP contribution in [0, 0.1) is 0 Å². The monoisotopic (exact) mass is 399 g/mol. The van der Waals surface area contributed by atoms with Crippen LogP contribution < -0.4 is 5.32 Å². The summed E-state index contributed by atoms with van der Waals surface area (Å²) in [5.41, 5.74) is 2.90. The summed E-state index contributed by atoms with van der Waals surface area (Å²) in [6, 6.07) is 7.87. The second-order valence-electron chi connectivity index (χ2n) is 7.34. The molecule has 2 aromatic heterocycles. The number of carbonyl (C=O) groups excluding carboxylic acids is 1. The number of hydrogen-bond donors (Lipinski definition) is 2. The number of nitrogens with zero attached hydrogens (tertiary/aromatic N) is 3. The highest BCUT2D eigenvalue weighted by molar-refractivity contribution is 7.13. The summed E-state index contributed by atoms with van der Waals surface area (Å²) >= 11 is 1.47. The summed E-state index contributed by atoms with van der Waals surface area (Å²) in [6.07, 6.45) is 1.41. The van der Waals surface area contributed by atoms with Crippen LogP contribution in [0.1, 0.15) is 31.8 Å². The number of fused-ring (bicyclic) bond motifs is 1. The van der Waals surface area contributed by atoms with E-state index in [4.69, 9.17) is 4.74 Å². The van der Waals surface area contributed by atoms with Crippen LogP contribution in [0.2, 0.25) is 0 Å². The van der Waals surface area contributed by atoms with E-state index in [1.807, 2.05) is 29.6 Å². The fraction of sp³-hybridized carbons (Fsp3) is 0.450. The molecule has 8 heteroatoms. The van der Waals surface area contributed by atoms with Gasteiger partial charge in [-0.25, -0.2) is 9.97 Å². The number of morpholine rings is 1. The van der Waals surface area contributed by atoms with Gasteiger partial charge >= 0.3 is 0 Å². The fourth-order valence-electron chi connectivity index (χ4n) is 3.62. The van der Waals surface area contributed by atoms with Crippen LogP contribution in [0.3, 0.4) is 0 Å². The molecule has 0 bridgehead atoms. The number of benzene rings is 1. The summed E-state index contributed by atoms with van der Waals surface area (Å²) in [5.74, 6) is 0.779. The molecule has 148 valence electrons. The zero-order valence-electron chi connectivity index (χ0n) is 16.1. The lowest BCUT2D eigenvalue weighted by Crippen LogP contribution is -2.44. The molecule has 0 saturated carbocycles. The molecule has 1 amide bonds. The Morgan fingerprint density at radius 3 is 2.86 bits per heavy atom. The molecule has 1 aromatic carbocycles. The van der Waals surface area contributed by atoms with Crippen molar-refractivity contribution in [3.05, 3.63) is 41.2 Å². The zero-order valence-corrected chi connectivity index (χ0v) is 17.0. The van der Waals surface area contributed by atoms with Crippen LogP contribution in [0.4, 0.5) is 5.13 Å². The third kappa shape index (κ3) is 4.76. The minimum atomic E-state index is -0.0463. The van der Waals surface area contributed by atoms with E-state index in [-0.39, 0.29) is 18.1 Å². The number of imidazole rings is 1. The molecule has 7 nitrogen and oxygen atoms in total. The summed E-state index contributed by atoms with van der Waals surface area (Å²) in [6.45, 7) is 6.78. The van der Waals surface area contributed by atoms with Crippen molar-refractivity contribution in [3.63, 3.8) is 0 Å². The number of thiazole rings is 1. The van der Waals surface area contributed by atoms with Gasteiger partial charge in [0.1, 0.15) is 5.82 Å². The summed E-state index contributed by atoms with van der Waals surface area (Å²) in [4.78, 5) is 26.9. The molecule has 0 radical (unpaired) electrons. The number of H-pyrrole nitrogens is 1. The molecule has 2 unspecified atom stereocenters.